The molecule has 13 nitrogen and oxygen atoms in total. The number of nitrogens with two attached hydrogens (primary N) is 4. The summed E-state index contributed by atoms with van der Waals surface area (Å²) < 4.78 is 0. The molecule has 12 N–H and O–H groups in total. The van der Waals surface area contributed by atoms with Crippen LogP contribution in [0.25, 0.3) is 0 Å². The Bertz CT molecular complexity index is 631. The van der Waals surface area contributed by atoms with Crippen molar-refractivity contribution in [1.82, 2.24) is 16.0 Å². The quantitative estimate of drug-likeness (QED) is 0.0972. The molecule has 184 valence electrons. The lowest BCUT2D eigenvalue weighted by atomic mass is 10.0. The fraction of sp³-hybridized carbons (Fsp3) is 0.737. The van der Waals surface area contributed by atoms with Crippen LogP contribution < -0.4 is 38.9 Å². The lowest BCUT2D eigenvalue weighted by Gasteiger charge is -2.24. The van der Waals surface area contributed by atoms with E-state index in [1.54, 1.807) is 0 Å². The number of nitrogens with one attached hydrogen (secondary N) is 3. The predicted molar refractivity (Wildman–Crippen MR) is 117 cm³/mol. The minimum atomic E-state index is -1.35. The molecule has 3 unspecified atom stereocenters. The molecule has 0 radical (unpaired) electrons. The molecule has 0 fully saturated rings. The van der Waals surface area contributed by atoms with Gasteiger partial charge in [0.2, 0.25) is 23.6 Å². The third-order valence-electron chi connectivity index (χ3n) is 4.66. The number of unbranched alkanes of at least 4 members (excludes halogenated alkanes) is 2. The largest absolute Gasteiger partial charge is 0.480 e. The van der Waals surface area contributed by atoms with Crippen LogP contribution in [0.2, 0.25) is 0 Å². The predicted octanol–water partition coefficient (Wildman–Crippen LogP) is -2.99. The Morgan fingerprint density at radius 3 is 1.56 bits per heavy atom. The molecule has 3 atom stereocenters. The highest BCUT2D eigenvalue weighted by molar-refractivity contribution is 5.93. The topological polar surface area (TPSA) is 246 Å². The molecule has 0 saturated heterocycles. The van der Waals surface area contributed by atoms with Crippen LogP contribution in [-0.2, 0) is 24.0 Å². The van der Waals surface area contributed by atoms with Crippen LogP contribution in [0, 0.1) is 0 Å². The van der Waals surface area contributed by atoms with Crippen molar-refractivity contribution < 1.29 is 29.1 Å². The van der Waals surface area contributed by atoms with Gasteiger partial charge in [0, 0.05) is 6.42 Å². The van der Waals surface area contributed by atoms with Gasteiger partial charge in [-0.05, 0) is 58.0 Å². The molecule has 0 aliphatic heterocycles. The van der Waals surface area contributed by atoms with Crippen LogP contribution in [0.1, 0.15) is 51.4 Å². The summed E-state index contributed by atoms with van der Waals surface area (Å²) in [5, 5.41) is 16.7. The Morgan fingerprint density at radius 1 is 0.688 bits per heavy atom. The molecular formula is C19H37N7O6. The van der Waals surface area contributed by atoms with Crippen LogP contribution in [0.15, 0.2) is 0 Å². The molecule has 0 aromatic rings. The van der Waals surface area contributed by atoms with E-state index in [1.165, 1.54) is 0 Å². The van der Waals surface area contributed by atoms with Crippen molar-refractivity contribution in [2.75, 3.05) is 19.6 Å². The molecular weight excluding hydrogens is 422 g/mol. The van der Waals surface area contributed by atoms with E-state index >= 15 is 0 Å². The molecule has 0 aromatic heterocycles. The molecule has 0 aromatic carbocycles. The highest BCUT2D eigenvalue weighted by Gasteiger charge is 2.29. The van der Waals surface area contributed by atoms with E-state index in [0.29, 0.717) is 45.2 Å². The molecule has 13 heteroatoms. The molecule has 0 aliphatic rings. The third-order valence-corrected chi connectivity index (χ3v) is 4.66. The highest BCUT2D eigenvalue weighted by atomic mass is 16.4. The van der Waals surface area contributed by atoms with Gasteiger partial charge in [-0.1, -0.05) is 0 Å². The fourth-order valence-electron chi connectivity index (χ4n) is 2.87. The Labute approximate surface area is 187 Å². The summed E-state index contributed by atoms with van der Waals surface area (Å²) in [5.41, 5.74) is 21.3. The second-order valence-corrected chi connectivity index (χ2v) is 7.36. The smallest absolute Gasteiger partial charge is 0.326 e. The molecule has 0 bridgehead atoms. The van der Waals surface area contributed by atoms with Crippen molar-refractivity contribution >= 4 is 29.6 Å². The average molecular weight is 460 g/mol. The van der Waals surface area contributed by atoms with E-state index in [0.717, 1.165) is 0 Å². The first kappa shape index (κ1) is 29.2. The van der Waals surface area contributed by atoms with Gasteiger partial charge in [0.15, 0.2) is 0 Å². The number of carbonyl (C=O) groups is 5. The zero-order valence-corrected chi connectivity index (χ0v) is 18.3. The summed E-state index contributed by atoms with van der Waals surface area (Å²) in [6, 6.07) is -3.33. The minimum Gasteiger partial charge on any atom is -0.480 e. The lowest BCUT2D eigenvalue weighted by Crippen LogP contribution is -2.56. The van der Waals surface area contributed by atoms with Crippen molar-refractivity contribution in [2.24, 2.45) is 22.9 Å². The SMILES string of the molecule is NCCCCC(NC(=O)CN)C(=O)NC(CCCCN)C(=O)NC(CCC(N)=O)C(=O)O. The van der Waals surface area contributed by atoms with Gasteiger partial charge in [0.1, 0.15) is 18.1 Å². The summed E-state index contributed by atoms with van der Waals surface area (Å²) in [5.74, 6) is -3.88. The monoisotopic (exact) mass is 459 g/mol. The number of carbonyl (C=O) groups excluding carboxylic acids is 4. The van der Waals surface area contributed by atoms with Crippen LogP contribution in [-0.4, -0.2) is 72.5 Å². The number of primary amides is 1. The van der Waals surface area contributed by atoms with E-state index < -0.39 is 47.7 Å². The van der Waals surface area contributed by atoms with E-state index in [2.05, 4.69) is 16.0 Å². The van der Waals surface area contributed by atoms with Crippen molar-refractivity contribution in [3.8, 4) is 0 Å². The van der Waals surface area contributed by atoms with Crippen molar-refractivity contribution in [2.45, 2.75) is 69.5 Å². The van der Waals surface area contributed by atoms with Crippen LogP contribution >= 0.6 is 0 Å². The van der Waals surface area contributed by atoms with Crippen molar-refractivity contribution in [3.63, 3.8) is 0 Å². The summed E-state index contributed by atoms with van der Waals surface area (Å²) >= 11 is 0. The summed E-state index contributed by atoms with van der Waals surface area (Å²) in [6.45, 7) is 0.499. The molecule has 0 spiro atoms. The number of carboxylic acids is 1. The molecule has 32 heavy (non-hydrogen) atoms. The summed E-state index contributed by atoms with van der Waals surface area (Å²) in [7, 11) is 0. The Hall–Kier alpha value is -2.77. The van der Waals surface area contributed by atoms with Crippen LogP contribution in [0.4, 0.5) is 0 Å². The number of aliphatic carboxylic acids is 1. The Morgan fingerprint density at radius 2 is 1.16 bits per heavy atom. The molecule has 0 heterocycles. The number of rotatable bonds is 18. The maximum atomic E-state index is 12.8. The highest BCUT2D eigenvalue weighted by Crippen LogP contribution is 2.07. The second-order valence-electron chi connectivity index (χ2n) is 7.36. The van der Waals surface area contributed by atoms with E-state index in [4.69, 9.17) is 22.9 Å². The standard InChI is InChI=1S/C19H37N7O6/c20-9-3-1-5-12(24-16(28)11-22)17(29)25-13(6-2-4-10-21)18(30)26-14(19(31)32)7-8-15(23)27/h12-14H,1-11,20-22H2,(H2,23,27)(H,24,28)(H,25,29)(H,26,30)(H,31,32). The minimum absolute atomic E-state index is 0.186. The van der Waals surface area contributed by atoms with Gasteiger partial charge in [-0.25, -0.2) is 4.79 Å². The van der Waals surface area contributed by atoms with Crippen molar-refractivity contribution in [1.29, 1.82) is 0 Å². The van der Waals surface area contributed by atoms with Gasteiger partial charge in [-0.15, -0.1) is 0 Å². The van der Waals surface area contributed by atoms with Gasteiger partial charge >= 0.3 is 5.97 Å². The summed E-state index contributed by atoms with van der Waals surface area (Å²) in [6.07, 6.45) is 2.39. The second kappa shape index (κ2) is 16.9. The molecule has 0 rings (SSSR count). The normalized spacial score (nSPS) is 13.5. The van der Waals surface area contributed by atoms with Crippen LogP contribution in [0.5, 0.6) is 0 Å². The van der Waals surface area contributed by atoms with Gasteiger partial charge in [-0.2, -0.15) is 0 Å². The molecule has 0 saturated carbocycles. The van der Waals surface area contributed by atoms with E-state index in [-0.39, 0.29) is 25.8 Å². The first-order chi connectivity index (χ1) is 15.2. The van der Waals surface area contributed by atoms with Gasteiger partial charge in [0.25, 0.3) is 0 Å². The zero-order chi connectivity index (χ0) is 24.5. The zero-order valence-electron chi connectivity index (χ0n) is 18.3. The number of amides is 4. The molecule has 4 amide bonds. The van der Waals surface area contributed by atoms with Crippen LogP contribution in [0.3, 0.4) is 0 Å². The molecule has 0 aliphatic carbocycles. The first-order valence-electron chi connectivity index (χ1n) is 10.7. The number of carboxylic acid groups (broad SMARTS) is 1. The van der Waals surface area contributed by atoms with Gasteiger partial charge in [-0.3, -0.25) is 19.2 Å². The van der Waals surface area contributed by atoms with E-state index in [9.17, 15) is 29.1 Å². The van der Waals surface area contributed by atoms with E-state index in [1.807, 2.05) is 0 Å². The Kier molecular flexibility index (Phi) is 15.4. The number of hydrogen-bond donors (Lipinski definition) is 8. The maximum absolute atomic E-state index is 12.8. The Balaban J connectivity index is 5.33. The first-order valence-corrected chi connectivity index (χ1v) is 10.7. The third kappa shape index (κ3) is 12.8. The van der Waals surface area contributed by atoms with Gasteiger partial charge < -0.3 is 44.0 Å². The van der Waals surface area contributed by atoms with Gasteiger partial charge in [0.05, 0.1) is 6.54 Å². The number of hydrogen-bond acceptors (Lipinski definition) is 8. The fourth-order valence-corrected chi connectivity index (χ4v) is 2.87. The van der Waals surface area contributed by atoms with Crippen molar-refractivity contribution in [3.05, 3.63) is 0 Å². The maximum Gasteiger partial charge on any atom is 0.326 e. The lowest BCUT2D eigenvalue weighted by molar-refractivity contribution is -0.142. The average Bonchev–Trinajstić information content (AvgIpc) is 2.74. The summed E-state index contributed by atoms with van der Waals surface area (Å²) in [4.78, 5) is 59.6.